The van der Waals surface area contributed by atoms with E-state index in [2.05, 4.69) is 55.3 Å². The standard InChI is InChI=1S/C25H33N3O2S3/c1-5-27(6-2)15-16-28(25-26-22-14-13-21(31-4)18-23(22)33-25)24(29)8-7-17-32-20-11-9-19(30-3)10-12-20/h9-14,18H,5-8,15-17H2,1-4H3. The molecule has 0 aliphatic rings. The number of ether oxygens (including phenoxy) is 1. The molecule has 1 aromatic heterocycles. The SMILES string of the molecule is CCN(CC)CCN(C(=O)CCCSc1ccc(OC)cc1)c1nc2ccc(SC)cc2s1. The normalized spacial score (nSPS) is 11.3. The summed E-state index contributed by atoms with van der Waals surface area (Å²) in [5.74, 6) is 1.92. The average molecular weight is 504 g/mol. The highest BCUT2D eigenvalue weighted by Crippen LogP contribution is 2.32. The van der Waals surface area contributed by atoms with Gasteiger partial charge in [0.2, 0.25) is 5.91 Å². The highest BCUT2D eigenvalue weighted by Gasteiger charge is 2.20. The lowest BCUT2D eigenvalue weighted by atomic mass is 10.3. The lowest BCUT2D eigenvalue weighted by molar-refractivity contribution is -0.118. The predicted molar refractivity (Wildman–Crippen MR) is 144 cm³/mol. The van der Waals surface area contributed by atoms with Crippen LogP contribution in [0.3, 0.4) is 0 Å². The molecule has 0 unspecified atom stereocenters. The molecule has 178 valence electrons. The number of nitrogens with zero attached hydrogens (tertiary/aromatic N) is 3. The molecular weight excluding hydrogens is 470 g/mol. The van der Waals surface area contributed by atoms with Crippen LogP contribution >= 0.6 is 34.9 Å². The first-order chi connectivity index (χ1) is 16.1. The van der Waals surface area contributed by atoms with Gasteiger partial charge < -0.3 is 9.64 Å². The van der Waals surface area contributed by atoms with Gasteiger partial charge in [0.1, 0.15) is 5.75 Å². The van der Waals surface area contributed by atoms with Crippen molar-refractivity contribution in [2.75, 3.05) is 50.2 Å². The second-order valence-corrected chi connectivity index (χ2v) is 10.6. The van der Waals surface area contributed by atoms with Gasteiger partial charge in [-0.05, 0) is 74.0 Å². The van der Waals surface area contributed by atoms with Gasteiger partial charge in [-0.3, -0.25) is 9.69 Å². The van der Waals surface area contributed by atoms with E-state index in [9.17, 15) is 4.79 Å². The fraction of sp³-hybridized carbons (Fsp3) is 0.440. The van der Waals surface area contributed by atoms with Gasteiger partial charge in [0, 0.05) is 29.3 Å². The first-order valence-electron chi connectivity index (χ1n) is 11.3. The number of hydrogen-bond donors (Lipinski definition) is 0. The number of methoxy groups -OCH3 is 1. The number of thiazole rings is 1. The molecule has 0 N–H and O–H groups in total. The van der Waals surface area contributed by atoms with Gasteiger partial charge in [-0.25, -0.2) is 4.98 Å². The monoisotopic (exact) mass is 503 g/mol. The number of hydrogen-bond acceptors (Lipinski definition) is 7. The van der Waals surface area contributed by atoms with Crippen LogP contribution in [0.5, 0.6) is 5.75 Å². The number of rotatable bonds is 13. The highest BCUT2D eigenvalue weighted by molar-refractivity contribution is 7.99. The number of amides is 1. The zero-order valence-electron chi connectivity index (χ0n) is 19.9. The first-order valence-corrected chi connectivity index (χ1v) is 14.3. The van der Waals surface area contributed by atoms with E-state index in [0.29, 0.717) is 13.0 Å². The molecule has 0 atom stereocenters. The third-order valence-corrected chi connectivity index (χ3v) is 8.38. The van der Waals surface area contributed by atoms with Crippen LogP contribution < -0.4 is 9.64 Å². The summed E-state index contributed by atoms with van der Waals surface area (Å²) in [5, 5.41) is 0.809. The summed E-state index contributed by atoms with van der Waals surface area (Å²) in [6.45, 7) is 7.80. The van der Waals surface area contributed by atoms with Crippen molar-refractivity contribution in [3.05, 3.63) is 42.5 Å². The maximum Gasteiger partial charge on any atom is 0.228 e. The summed E-state index contributed by atoms with van der Waals surface area (Å²) in [6.07, 6.45) is 3.43. The van der Waals surface area contributed by atoms with Crippen molar-refractivity contribution in [2.24, 2.45) is 0 Å². The number of carbonyl (C=O) groups excluding carboxylic acids is 1. The molecule has 1 heterocycles. The number of anilines is 1. The van der Waals surface area contributed by atoms with Crippen molar-refractivity contribution < 1.29 is 9.53 Å². The van der Waals surface area contributed by atoms with Crippen LogP contribution in [0.4, 0.5) is 5.13 Å². The molecule has 2 aromatic carbocycles. The molecule has 3 rings (SSSR count). The fourth-order valence-corrected chi connectivity index (χ4v) is 5.88. The van der Waals surface area contributed by atoms with Crippen LogP contribution in [-0.4, -0.2) is 61.1 Å². The van der Waals surface area contributed by atoms with Gasteiger partial charge in [-0.2, -0.15) is 0 Å². The van der Waals surface area contributed by atoms with Gasteiger partial charge in [-0.15, -0.1) is 23.5 Å². The summed E-state index contributed by atoms with van der Waals surface area (Å²) in [5.41, 5.74) is 0.962. The molecule has 0 spiro atoms. The molecule has 1 amide bonds. The molecule has 5 nitrogen and oxygen atoms in total. The van der Waals surface area contributed by atoms with E-state index in [1.165, 1.54) is 9.79 Å². The molecule has 0 saturated heterocycles. The summed E-state index contributed by atoms with van der Waals surface area (Å²) in [4.78, 5) is 24.7. The van der Waals surface area contributed by atoms with E-state index >= 15 is 0 Å². The number of likely N-dealkylation sites (N-methyl/N-ethyl adjacent to an activating group) is 1. The fourth-order valence-electron chi connectivity index (χ4n) is 3.46. The Hall–Kier alpha value is -1.74. The number of thioether (sulfide) groups is 2. The minimum Gasteiger partial charge on any atom is -0.497 e. The smallest absolute Gasteiger partial charge is 0.228 e. The van der Waals surface area contributed by atoms with Crippen LogP contribution in [0.25, 0.3) is 10.2 Å². The quantitative estimate of drug-likeness (QED) is 0.202. The van der Waals surface area contributed by atoms with E-state index in [-0.39, 0.29) is 5.91 Å². The minimum absolute atomic E-state index is 0.154. The Morgan fingerprint density at radius 2 is 1.79 bits per heavy atom. The van der Waals surface area contributed by atoms with Crippen molar-refractivity contribution in [1.29, 1.82) is 0 Å². The summed E-state index contributed by atoms with van der Waals surface area (Å²) >= 11 is 5.11. The highest BCUT2D eigenvalue weighted by atomic mass is 32.2. The molecule has 0 radical (unpaired) electrons. The van der Waals surface area contributed by atoms with Gasteiger partial charge in [0.25, 0.3) is 0 Å². The van der Waals surface area contributed by atoms with E-state index in [1.54, 1.807) is 42.0 Å². The molecule has 0 fully saturated rings. The Kier molecular flexibility index (Phi) is 10.4. The molecule has 0 bridgehead atoms. The third-order valence-electron chi connectivity index (χ3n) is 5.51. The van der Waals surface area contributed by atoms with Crippen molar-refractivity contribution >= 4 is 56.1 Å². The maximum atomic E-state index is 13.3. The van der Waals surface area contributed by atoms with Crippen molar-refractivity contribution in [1.82, 2.24) is 9.88 Å². The van der Waals surface area contributed by atoms with Crippen LogP contribution in [0, 0.1) is 0 Å². The number of carbonyl (C=O) groups is 1. The Labute approximate surface area is 209 Å². The molecule has 33 heavy (non-hydrogen) atoms. The van der Waals surface area contributed by atoms with Crippen molar-refractivity contribution in [3.63, 3.8) is 0 Å². The van der Waals surface area contributed by atoms with Gasteiger partial charge in [0.15, 0.2) is 5.13 Å². The van der Waals surface area contributed by atoms with Crippen molar-refractivity contribution in [2.45, 2.75) is 36.5 Å². The van der Waals surface area contributed by atoms with Crippen LogP contribution in [0.2, 0.25) is 0 Å². The zero-order chi connectivity index (χ0) is 23.6. The average Bonchev–Trinajstić information content (AvgIpc) is 3.27. The Morgan fingerprint density at radius 1 is 1.06 bits per heavy atom. The lowest BCUT2D eigenvalue weighted by Crippen LogP contribution is -2.38. The minimum atomic E-state index is 0.154. The number of fused-ring (bicyclic) bond motifs is 1. The topological polar surface area (TPSA) is 45.7 Å². The molecule has 0 saturated carbocycles. The molecule has 8 heteroatoms. The Morgan fingerprint density at radius 3 is 2.45 bits per heavy atom. The van der Waals surface area contributed by atoms with Gasteiger partial charge >= 0.3 is 0 Å². The largest absolute Gasteiger partial charge is 0.497 e. The Bertz CT molecular complexity index is 1020. The van der Waals surface area contributed by atoms with E-state index < -0.39 is 0 Å². The molecular formula is C25H33N3O2S3. The number of aromatic nitrogens is 1. The van der Waals surface area contributed by atoms with Gasteiger partial charge in [-0.1, -0.05) is 25.2 Å². The van der Waals surface area contributed by atoms with Crippen molar-refractivity contribution in [3.8, 4) is 5.75 Å². The molecule has 3 aromatic rings. The molecule has 0 aliphatic heterocycles. The Balaban J connectivity index is 1.65. The summed E-state index contributed by atoms with van der Waals surface area (Å²) in [6, 6.07) is 14.4. The first kappa shape index (κ1) is 25.9. The van der Waals surface area contributed by atoms with Gasteiger partial charge in [0.05, 0.1) is 17.3 Å². The van der Waals surface area contributed by atoms with E-state index in [0.717, 1.165) is 52.9 Å². The predicted octanol–water partition coefficient (Wildman–Crippen LogP) is 6.27. The zero-order valence-corrected chi connectivity index (χ0v) is 22.3. The van der Waals surface area contributed by atoms with Crippen LogP contribution in [0.1, 0.15) is 26.7 Å². The maximum absolute atomic E-state index is 13.3. The summed E-state index contributed by atoms with van der Waals surface area (Å²) < 4.78 is 6.35. The molecule has 0 aliphatic carbocycles. The van der Waals surface area contributed by atoms with Crippen LogP contribution in [0.15, 0.2) is 52.3 Å². The van der Waals surface area contributed by atoms with Crippen LogP contribution in [-0.2, 0) is 4.79 Å². The second-order valence-electron chi connectivity index (χ2n) is 7.53. The van der Waals surface area contributed by atoms with E-state index in [4.69, 9.17) is 9.72 Å². The number of benzene rings is 2. The second kappa shape index (κ2) is 13.2. The lowest BCUT2D eigenvalue weighted by Gasteiger charge is -2.24. The van der Waals surface area contributed by atoms with E-state index in [1.807, 2.05) is 17.0 Å². The summed E-state index contributed by atoms with van der Waals surface area (Å²) in [7, 11) is 1.67. The third kappa shape index (κ3) is 7.37.